The van der Waals surface area contributed by atoms with Gasteiger partial charge in [-0.2, -0.15) is 0 Å². The SMILES string of the molecule is CCOC(=O)C(OC)C1OC=CCC1=O. The molecule has 1 aliphatic rings. The van der Waals surface area contributed by atoms with E-state index in [0.29, 0.717) is 0 Å². The first-order valence-corrected chi connectivity index (χ1v) is 4.73. The molecule has 0 bridgehead atoms. The van der Waals surface area contributed by atoms with Crippen LogP contribution >= 0.6 is 0 Å². The Morgan fingerprint density at radius 3 is 3.00 bits per heavy atom. The van der Waals surface area contributed by atoms with Crippen LogP contribution in [-0.4, -0.2) is 37.7 Å². The lowest BCUT2D eigenvalue weighted by Gasteiger charge is -2.24. The summed E-state index contributed by atoms with van der Waals surface area (Å²) in [5.74, 6) is -0.758. The van der Waals surface area contributed by atoms with Gasteiger partial charge >= 0.3 is 5.97 Å². The third-order valence-corrected chi connectivity index (χ3v) is 2.01. The fourth-order valence-electron chi connectivity index (χ4n) is 1.30. The lowest BCUT2D eigenvalue weighted by molar-refractivity contribution is -0.166. The Balaban J connectivity index is 2.68. The number of Topliss-reactive ketones (excluding diaryl/α,β-unsaturated/α-hetero) is 1. The average Bonchev–Trinajstić information content (AvgIpc) is 2.22. The van der Waals surface area contributed by atoms with Crippen molar-refractivity contribution in [1.82, 2.24) is 0 Å². The minimum absolute atomic E-state index is 0.183. The van der Waals surface area contributed by atoms with Gasteiger partial charge in [-0.1, -0.05) is 0 Å². The van der Waals surface area contributed by atoms with Crippen molar-refractivity contribution in [3.8, 4) is 0 Å². The minimum Gasteiger partial charge on any atom is -0.487 e. The van der Waals surface area contributed by atoms with Crippen molar-refractivity contribution in [3.05, 3.63) is 12.3 Å². The number of ketones is 1. The number of carbonyl (C=O) groups is 2. The molecule has 2 atom stereocenters. The first-order valence-electron chi connectivity index (χ1n) is 4.73. The molecule has 0 saturated heterocycles. The minimum atomic E-state index is -0.984. The fraction of sp³-hybridized carbons (Fsp3) is 0.600. The molecule has 0 N–H and O–H groups in total. The number of hydrogen-bond donors (Lipinski definition) is 0. The number of ether oxygens (including phenoxy) is 3. The average molecular weight is 214 g/mol. The molecule has 0 aromatic heterocycles. The molecule has 0 saturated carbocycles. The van der Waals surface area contributed by atoms with E-state index >= 15 is 0 Å². The number of carbonyl (C=O) groups excluding carboxylic acids is 2. The van der Waals surface area contributed by atoms with Gasteiger partial charge in [-0.25, -0.2) is 4.79 Å². The third kappa shape index (κ3) is 2.79. The van der Waals surface area contributed by atoms with Crippen LogP contribution in [0, 0.1) is 0 Å². The van der Waals surface area contributed by atoms with E-state index in [0.717, 1.165) is 0 Å². The van der Waals surface area contributed by atoms with Crippen LogP contribution in [0.25, 0.3) is 0 Å². The number of esters is 1. The van der Waals surface area contributed by atoms with Gasteiger partial charge in [-0.3, -0.25) is 4.79 Å². The van der Waals surface area contributed by atoms with Crippen LogP contribution in [0.5, 0.6) is 0 Å². The van der Waals surface area contributed by atoms with Crippen molar-refractivity contribution in [1.29, 1.82) is 0 Å². The first kappa shape index (κ1) is 11.7. The van der Waals surface area contributed by atoms with Gasteiger partial charge in [-0.15, -0.1) is 0 Å². The summed E-state index contributed by atoms with van der Waals surface area (Å²) in [7, 11) is 1.34. The lowest BCUT2D eigenvalue weighted by Crippen LogP contribution is -2.44. The van der Waals surface area contributed by atoms with Gasteiger partial charge in [0, 0.05) is 13.5 Å². The van der Waals surface area contributed by atoms with Gasteiger partial charge in [-0.05, 0) is 13.0 Å². The zero-order valence-electron chi connectivity index (χ0n) is 8.76. The van der Waals surface area contributed by atoms with Crippen LogP contribution in [0.2, 0.25) is 0 Å². The molecule has 0 radical (unpaired) electrons. The highest BCUT2D eigenvalue weighted by atomic mass is 16.6. The molecule has 0 aliphatic carbocycles. The second-order valence-electron chi connectivity index (χ2n) is 3.01. The summed E-state index contributed by atoms with van der Waals surface area (Å²) >= 11 is 0. The Kier molecular flexibility index (Phi) is 4.30. The fourth-order valence-corrected chi connectivity index (χ4v) is 1.30. The van der Waals surface area contributed by atoms with Crippen LogP contribution < -0.4 is 0 Å². The second-order valence-corrected chi connectivity index (χ2v) is 3.01. The summed E-state index contributed by atoms with van der Waals surface area (Å²) in [5, 5.41) is 0. The van der Waals surface area contributed by atoms with Crippen molar-refractivity contribution in [2.75, 3.05) is 13.7 Å². The third-order valence-electron chi connectivity index (χ3n) is 2.01. The molecule has 5 heteroatoms. The summed E-state index contributed by atoms with van der Waals surface area (Å²) in [6, 6.07) is 0. The second kappa shape index (κ2) is 5.50. The van der Waals surface area contributed by atoms with Crippen LogP contribution in [0.3, 0.4) is 0 Å². The van der Waals surface area contributed by atoms with Crippen molar-refractivity contribution >= 4 is 11.8 Å². The molecule has 84 valence electrons. The van der Waals surface area contributed by atoms with Crippen LogP contribution in [0.1, 0.15) is 13.3 Å². The van der Waals surface area contributed by atoms with Crippen molar-refractivity contribution in [3.63, 3.8) is 0 Å². The van der Waals surface area contributed by atoms with E-state index < -0.39 is 18.2 Å². The molecule has 0 spiro atoms. The molecular weight excluding hydrogens is 200 g/mol. The number of allylic oxidation sites excluding steroid dienone is 1. The van der Waals surface area contributed by atoms with E-state index in [1.165, 1.54) is 13.4 Å². The lowest BCUT2D eigenvalue weighted by atomic mass is 10.1. The van der Waals surface area contributed by atoms with Crippen molar-refractivity contribution in [2.24, 2.45) is 0 Å². The zero-order chi connectivity index (χ0) is 11.3. The predicted octanol–water partition coefficient (Wildman–Crippen LogP) is 0.436. The van der Waals surface area contributed by atoms with Gasteiger partial charge in [0.25, 0.3) is 0 Å². The number of hydrogen-bond acceptors (Lipinski definition) is 5. The Labute approximate surface area is 88.0 Å². The Morgan fingerprint density at radius 2 is 2.47 bits per heavy atom. The van der Waals surface area contributed by atoms with Gasteiger partial charge in [0.2, 0.25) is 0 Å². The van der Waals surface area contributed by atoms with E-state index in [1.807, 2.05) is 0 Å². The number of methoxy groups -OCH3 is 1. The molecule has 0 aromatic carbocycles. The Morgan fingerprint density at radius 1 is 1.73 bits per heavy atom. The highest BCUT2D eigenvalue weighted by molar-refractivity contribution is 5.91. The maximum absolute atomic E-state index is 11.4. The molecule has 0 aromatic rings. The highest BCUT2D eigenvalue weighted by Gasteiger charge is 2.36. The molecule has 0 amide bonds. The molecule has 2 unspecified atom stereocenters. The zero-order valence-corrected chi connectivity index (χ0v) is 8.76. The quantitative estimate of drug-likeness (QED) is 0.635. The Bertz CT molecular complexity index is 271. The summed E-state index contributed by atoms with van der Waals surface area (Å²) in [6.07, 6.45) is 1.37. The van der Waals surface area contributed by atoms with Gasteiger partial charge in [0.1, 0.15) is 0 Å². The molecule has 1 rings (SSSR count). The molecular formula is C10H14O5. The maximum Gasteiger partial charge on any atom is 0.339 e. The molecule has 1 heterocycles. The monoisotopic (exact) mass is 214 g/mol. The largest absolute Gasteiger partial charge is 0.487 e. The Hall–Kier alpha value is -1.36. The topological polar surface area (TPSA) is 61.8 Å². The maximum atomic E-state index is 11.4. The van der Waals surface area contributed by atoms with E-state index in [1.54, 1.807) is 13.0 Å². The van der Waals surface area contributed by atoms with Gasteiger partial charge in [0.05, 0.1) is 12.9 Å². The first-order chi connectivity index (χ1) is 7.20. The molecule has 15 heavy (non-hydrogen) atoms. The van der Waals surface area contributed by atoms with Crippen molar-refractivity contribution in [2.45, 2.75) is 25.6 Å². The van der Waals surface area contributed by atoms with Crippen LogP contribution in [0.4, 0.5) is 0 Å². The van der Waals surface area contributed by atoms with E-state index in [9.17, 15) is 9.59 Å². The van der Waals surface area contributed by atoms with E-state index in [-0.39, 0.29) is 18.8 Å². The molecule has 1 aliphatic heterocycles. The van der Waals surface area contributed by atoms with Crippen LogP contribution in [-0.2, 0) is 23.8 Å². The van der Waals surface area contributed by atoms with Crippen LogP contribution in [0.15, 0.2) is 12.3 Å². The smallest absolute Gasteiger partial charge is 0.339 e. The van der Waals surface area contributed by atoms with Gasteiger partial charge in [0.15, 0.2) is 18.0 Å². The predicted molar refractivity (Wildman–Crippen MR) is 51.1 cm³/mol. The normalized spacial score (nSPS) is 22.0. The van der Waals surface area contributed by atoms with E-state index in [4.69, 9.17) is 14.2 Å². The summed E-state index contributed by atoms with van der Waals surface area (Å²) in [4.78, 5) is 22.9. The van der Waals surface area contributed by atoms with Crippen molar-refractivity contribution < 1.29 is 23.8 Å². The number of rotatable bonds is 4. The summed E-state index contributed by atoms with van der Waals surface area (Å²) in [5.41, 5.74) is 0. The van der Waals surface area contributed by atoms with Gasteiger partial charge < -0.3 is 14.2 Å². The molecule has 5 nitrogen and oxygen atoms in total. The summed E-state index contributed by atoms with van der Waals surface area (Å²) < 4.78 is 14.8. The molecule has 0 fully saturated rings. The summed E-state index contributed by atoms with van der Waals surface area (Å²) in [6.45, 7) is 1.93. The highest BCUT2D eigenvalue weighted by Crippen LogP contribution is 2.14. The standard InChI is InChI=1S/C10H14O5/c1-3-14-10(12)9(13-2)8-7(11)5-4-6-15-8/h4,6,8-9H,3,5H2,1-2H3. The van der Waals surface area contributed by atoms with E-state index in [2.05, 4.69) is 0 Å².